The van der Waals surface area contributed by atoms with E-state index in [1.807, 2.05) is 0 Å². The minimum absolute atomic E-state index is 0.0271. The smallest absolute Gasteiger partial charge is 0.422 e. The lowest BCUT2D eigenvalue weighted by atomic mass is 10.1. The summed E-state index contributed by atoms with van der Waals surface area (Å²) in [6.07, 6.45) is -2.49. The Bertz CT molecular complexity index is 497. The molecule has 1 amide bonds. The number of nitrogen functional groups attached to an aromatic ring is 1. The summed E-state index contributed by atoms with van der Waals surface area (Å²) in [5, 5.41) is 0. The van der Waals surface area contributed by atoms with Crippen LogP contribution in [0.3, 0.4) is 0 Å². The lowest BCUT2D eigenvalue weighted by molar-refractivity contribution is -0.153. The van der Waals surface area contributed by atoms with E-state index >= 15 is 0 Å². The van der Waals surface area contributed by atoms with Crippen molar-refractivity contribution in [1.82, 2.24) is 4.90 Å². The zero-order valence-electron chi connectivity index (χ0n) is 10.7. The SMILES string of the molecule is Nc1cc(C(=O)N2CCCC2)ccc1OCC(F)(F)F. The minimum Gasteiger partial charge on any atom is -0.482 e. The molecule has 0 atom stereocenters. The van der Waals surface area contributed by atoms with Gasteiger partial charge in [-0.25, -0.2) is 0 Å². The molecule has 1 saturated heterocycles. The molecular formula is C13H15F3N2O2. The van der Waals surface area contributed by atoms with Gasteiger partial charge in [-0.1, -0.05) is 0 Å². The van der Waals surface area contributed by atoms with Crippen LogP contribution >= 0.6 is 0 Å². The van der Waals surface area contributed by atoms with Crippen LogP contribution in [0.4, 0.5) is 18.9 Å². The highest BCUT2D eigenvalue weighted by atomic mass is 19.4. The van der Waals surface area contributed by atoms with Crippen molar-refractivity contribution >= 4 is 11.6 Å². The third-order valence-corrected chi connectivity index (χ3v) is 3.04. The monoisotopic (exact) mass is 288 g/mol. The summed E-state index contributed by atoms with van der Waals surface area (Å²) >= 11 is 0. The maximum atomic E-state index is 12.1. The zero-order chi connectivity index (χ0) is 14.8. The first-order chi connectivity index (χ1) is 9.37. The lowest BCUT2D eigenvalue weighted by Crippen LogP contribution is -2.27. The van der Waals surface area contributed by atoms with Gasteiger partial charge in [0.2, 0.25) is 0 Å². The molecular weight excluding hydrogens is 273 g/mol. The topological polar surface area (TPSA) is 55.6 Å². The summed E-state index contributed by atoms with van der Waals surface area (Å²) in [4.78, 5) is 13.8. The average Bonchev–Trinajstić information content (AvgIpc) is 2.89. The number of likely N-dealkylation sites (tertiary alicyclic amines) is 1. The first-order valence-electron chi connectivity index (χ1n) is 6.25. The van der Waals surface area contributed by atoms with Gasteiger partial charge in [0, 0.05) is 18.7 Å². The van der Waals surface area contributed by atoms with Crippen molar-refractivity contribution in [1.29, 1.82) is 0 Å². The van der Waals surface area contributed by atoms with Crippen LogP contribution in [-0.4, -0.2) is 36.7 Å². The highest BCUT2D eigenvalue weighted by Gasteiger charge is 2.29. The quantitative estimate of drug-likeness (QED) is 0.869. The molecule has 110 valence electrons. The van der Waals surface area contributed by atoms with Crippen molar-refractivity contribution in [3.63, 3.8) is 0 Å². The van der Waals surface area contributed by atoms with Crippen molar-refractivity contribution in [2.45, 2.75) is 19.0 Å². The molecule has 0 unspecified atom stereocenters. The highest BCUT2D eigenvalue weighted by molar-refractivity contribution is 5.95. The first kappa shape index (κ1) is 14.5. The summed E-state index contributed by atoms with van der Waals surface area (Å²) in [7, 11) is 0. The summed E-state index contributed by atoms with van der Waals surface area (Å²) in [5.74, 6) is -0.225. The van der Waals surface area contributed by atoms with Gasteiger partial charge in [0.25, 0.3) is 5.91 Å². The lowest BCUT2D eigenvalue weighted by Gasteiger charge is -2.16. The number of rotatable bonds is 3. The second kappa shape index (κ2) is 5.60. The van der Waals surface area contributed by atoms with Crippen LogP contribution in [0.1, 0.15) is 23.2 Å². The Morgan fingerprint density at radius 3 is 2.50 bits per heavy atom. The second-order valence-corrected chi connectivity index (χ2v) is 4.66. The van der Waals surface area contributed by atoms with Crippen molar-refractivity contribution in [2.75, 3.05) is 25.4 Å². The molecule has 1 aromatic rings. The van der Waals surface area contributed by atoms with Crippen LogP contribution in [0.25, 0.3) is 0 Å². The molecule has 2 N–H and O–H groups in total. The number of carbonyl (C=O) groups is 1. The van der Waals surface area contributed by atoms with E-state index in [1.54, 1.807) is 4.90 Å². The van der Waals surface area contributed by atoms with Crippen molar-refractivity contribution < 1.29 is 22.7 Å². The summed E-state index contributed by atoms with van der Waals surface area (Å²) in [6, 6.07) is 4.08. The Balaban J connectivity index is 2.07. The Morgan fingerprint density at radius 1 is 1.30 bits per heavy atom. The van der Waals surface area contributed by atoms with E-state index in [0.29, 0.717) is 18.7 Å². The molecule has 1 fully saturated rings. The number of hydrogen-bond donors (Lipinski definition) is 1. The standard InChI is InChI=1S/C13H15F3N2O2/c14-13(15,16)8-20-11-4-3-9(7-10(11)17)12(19)18-5-1-2-6-18/h3-4,7H,1-2,5-6,8,17H2. The third kappa shape index (κ3) is 3.55. The summed E-state index contributed by atoms with van der Waals surface area (Å²) in [6.45, 7) is -0.00720. The number of halogens is 3. The van der Waals surface area contributed by atoms with Crippen LogP contribution in [0.2, 0.25) is 0 Å². The maximum absolute atomic E-state index is 12.1. The van der Waals surface area contributed by atoms with Crippen molar-refractivity contribution in [3.05, 3.63) is 23.8 Å². The average molecular weight is 288 g/mol. The number of nitrogens with zero attached hydrogens (tertiary/aromatic N) is 1. The van der Waals surface area contributed by atoms with Crippen LogP contribution in [-0.2, 0) is 0 Å². The zero-order valence-corrected chi connectivity index (χ0v) is 10.7. The van der Waals surface area contributed by atoms with Gasteiger partial charge >= 0.3 is 6.18 Å². The highest BCUT2D eigenvalue weighted by Crippen LogP contribution is 2.26. The second-order valence-electron chi connectivity index (χ2n) is 4.66. The van der Waals surface area contributed by atoms with Crippen molar-refractivity contribution in [2.24, 2.45) is 0 Å². The molecule has 1 aliphatic heterocycles. The van der Waals surface area contributed by atoms with Gasteiger partial charge < -0.3 is 15.4 Å². The molecule has 4 nitrogen and oxygen atoms in total. The molecule has 20 heavy (non-hydrogen) atoms. The molecule has 1 heterocycles. The van der Waals surface area contributed by atoms with Crippen LogP contribution < -0.4 is 10.5 Å². The minimum atomic E-state index is -4.42. The molecule has 0 aromatic heterocycles. The third-order valence-electron chi connectivity index (χ3n) is 3.04. The number of carbonyl (C=O) groups excluding carboxylic acids is 1. The molecule has 0 aliphatic carbocycles. The number of hydrogen-bond acceptors (Lipinski definition) is 3. The molecule has 2 rings (SSSR count). The largest absolute Gasteiger partial charge is 0.482 e. The molecule has 0 bridgehead atoms. The van der Waals surface area contributed by atoms with Gasteiger partial charge in [-0.05, 0) is 31.0 Å². The van der Waals surface area contributed by atoms with Crippen LogP contribution in [0.15, 0.2) is 18.2 Å². The number of anilines is 1. The van der Waals surface area contributed by atoms with E-state index in [2.05, 4.69) is 4.74 Å². The molecule has 0 saturated carbocycles. The summed E-state index contributed by atoms with van der Waals surface area (Å²) in [5.41, 5.74) is 6.02. The first-order valence-corrected chi connectivity index (χ1v) is 6.25. The van der Waals surface area contributed by atoms with Crippen LogP contribution in [0, 0.1) is 0 Å². The Morgan fingerprint density at radius 2 is 1.95 bits per heavy atom. The van der Waals surface area contributed by atoms with Gasteiger partial charge in [-0.3, -0.25) is 4.79 Å². The van der Waals surface area contributed by atoms with Gasteiger partial charge in [0.05, 0.1) is 5.69 Å². The van der Waals surface area contributed by atoms with E-state index in [0.717, 1.165) is 12.8 Å². The predicted molar refractivity (Wildman–Crippen MR) is 67.5 cm³/mol. The Labute approximate surface area is 114 Å². The van der Waals surface area contributed by atoms with E-state index in [-0.39, 0.29) is 17.3 Å². The fraction of sp³-hybridized carbons (Fsp3) is 0.462. The van der Waals surface area contributed by atoms with E-state index in [4.69, 9.17) is 5.73 Å². The fourth-order valence-electron chi connectivity index (χ4n) is 2.08. The number of benzene rings is 1. The van der Waals surface area contributed by atoms with E-state index in [1.165, 1.54) is 18.2 Å². The van der Waals surface area contributed by atoms with E-state index < -0.39 is 12.8 Å². The van der Waals surface area contributed by atoms with Gasteiger partial charge in [-0.15, -0.1) is 0 Å². The Kier molecular flexibility index (Phi) is 4.06. The van der Waals surface area contributed by atoms with Gasteiger partial charge in [-0.2, -0.15) is 13.2 Å². The van der Waals surface area contributed by atoms with E-state index in [9.17, 15) is 18.0 Å². The molecule has 1 aliphatic rings. The number of nitrogens with two attached hydrogens (primary N) is 1. The Hall–Kier alpha value is -1.92. The van der Waals surface area contributed by atoms with Gasteiger partial charge in [0.1, 0.15) is 5.75 Å². The predicted octanol–water partition coefficient (Wildman–Crippen LogP) is 2.45. The molecule has 0 radical (unpaired) electrons. The van der Waals surface area contributed by atoms with Crippen molar-refractivity contribution in [3.8, 4) is 5.75 Å². The number of alkyl halides is 3. The maximum Gasteiger partial charge on any atom is 0.422 e. The number of amides is 1. The van der Waals surface area contributed by atoms with Gasteiger partial charge in [0.15, 0.2) is 6.61 Å². The normalized spacial score (nSPS) is 15.4. The fourth-order valence-corrected chi connectivity index (χ4v) is 2.08. The number of ether oxygens (including phenoxy) is 1. The van der Waals surface area contributed by atoms with Crippen LogP contribution in [0.5, 0.6) is 5.75 Å². The molecule has 7 heteroatoms. The molecule has 1 aromatic carbocycles. The summed E-state index contributed by atoms with van der Waals surface area (Å²) < 4.78 is 40.8. The molecule has 0 spiro atoms.